The van der Waals surface area contributed by atoms with E-state index in [4.69, 9.17) is 10.5 Å². The van der Waals surface area contributed by atoms with Crippen LogP contribution in [-0.2, 0) is 0 Å². The summed E-state index contributed by atoms with van der Waals surface area (Å²) in [6, 6.07) is 10.4. The molecule has 0 aliphatic heterocycles. The fourth-order valence-corrected chi connectivity index (χ4v) is 1.89. The van der Waals surface area contributed by atoms with Gasteiger partial charge in [0.05, 0.1) is 25.0 Å². The van der Waals surface area contributed by atoms with E-state index in [1.807, 2.05) is 25.1 Å². The second kappa shape index (κ2) is 6.93. The van der Waals surface area contributed by atoms with Gasteiger partial charge in [-0.2, -0.15) is 10.5 Å². The van der Waals surface area contributed by atoms with Crippen LogP contribution in [0.2, 0.25) is 0 Å². The van der Waals surface area contributed by atoms with Gasteiger partial charge in [0.15, 0.2) is 0 Å². The molecule has 0 aliphatic rings. The van der Waals surface area contributed by atoms with Crippen LogP contribution in [0.15, 0.2) is 22.7 Å². The van der Waals surface area contributed by atoms with Crippen LogP contribution < -0.4 is 4.90 Å². The highest BCUT2D eigenvalue weighted by Crippen LogP contribution is 2.23. The maximum atomic E-state index is 8.64. The average Bonchev–Trinajstić information content (AvgIpc) is 2.33. The third-order valence-corrected chi connectivity index (χ3v) is 3.36. The van der Waals surface area contributed by atoms with Crippen LogP contribution in [-0.4, -0.2) is 13.1 Å². The molecule has 0 N–H and O–H groups in total. The number of hydrogen-bond acceptors (Lipinski definition) is 3. The van der Waals surface area contributed by atoms with Gasteiger partial charge in [0.25, 0.3) is 0 Å². The molecule has 0 aliphatic carbocycles. The molecule has 0 bridgehead atoms. The van der Waals surface area contributed by atoms with Crippen LogP contribution in [0.4, 0.5) is 5.69 Å². The smallest absolute Gasteiger partial charge is 0.0640 e. The summed E-state index contributed by atoms with van der Waals surface area (Å²) in [4.78, 5) is 2.07. The van der Waals surface area contributed by atoms with Crippen molar-refractivity contribution in [2.75, 3.05) is 18.0 Å². The standard InChI is InChI=1S/C13H14BrN3/c1-11-4-5-12(10-13(11)14)17(8-2-6-15)9-3-7-16/h4-5,10H,2-3,8-9H2,1H3. The number of aryl methyl sites for hydroxylation is 1. The van der Waals surface area contributed by atoms with Crippen molar-refractivity contribution in [3.05, 3.63) is 28.2 Å². The van der Waals surface area contributed by atoms with Crippen LogP contribution in [0, 0.1) is 29.6 Å². The van der Waals surface area contributed by atoms with E-state index in [1.165, 1.54) is 5.56 Å². The van der Waals surface area contributed by atoms with Crippen molar-refractivity contribution in [3.8, 4) is 12.1 Å². The van der Waals surface area contributed by atoms with Gasteiger partial charge in [0, 0.05) is 23.2 Å². The van der Waals surface area contributed by atoms with E-state index in [-0.39, 0.29) is 0 Å². The minimum Gasteiger partial charge on any atom is -0.369 e. The number of nitriles is 2. The van der Waals surface area contributed by atoms with Crippen molar-refractivity contribution in [1.29, 1.82) is 10.5 Å². The Labute approximate surface area is 110 Å². The Bertz CT molecular complexity index is 439. The molecule has 17 heavy (non-hydrogen) atoms. The molecule has 4 heteroatoms. The highest BCUT2D eigenvalue weighted by molar-refractivity contribution is 9.10. The Hall–Kier alpha value is -1.52. The molecule has 0 heterocycles. The molecule has 0 radical (unpaired) electrons. The molecule has 0 saturated carbocycles. The SMILES string of the molecule is Cc1ccc(N(CCC#N)CCC#N)cc1Br. The molecule has 88 valence electrons. The van der Waals surface area contributed by atoms with Crippen LogP contribution in [0.25, 0.3) is 0 Å². The van der Waals surface area contributed by atoms with Gasteiger partial charge in [0.1, 0.15) is 0 Å². The normalized spacial score (nSPS) is 9.41. The molecule has 0 unspecified atom stereocenters. The molecule has 0 saturated heterocycles. The van der Waals surface area contributed by atoms with Crippen molar-refractivity contribution in [3.63, 3.8) is 0 Å². The Kier molecular flexibility index (Phi) is 5.52. The second-order valence-corrected chi connectivity index (χ2v) is 4.59. The van der Waals surface area contributed by atoms with Gasteiger partial charge in [-0.1, -0.05) is 22.0 Å². The summed E-state index contributed by atoms with van der Waals surface area (Å²) < 4.78 is 1.05. The summed E-state index contributed by atoms with van der Waals surface area (Å²) in [5, 5.41) is 17.3. The van der Waals surface area contributed by atoms with Gasteiger partial charge in [-0.05, 0) is 24.6 Å². The van der Waals surface area contributed by atoms with Gasteiger partial charge in [0.2, 0.25) is 0 Å². The van der Waals surface area contributed by atoms with E-state index in [1.54, 1.807) is 0 Å². The number of halogens is 1. The van der Waals surface area contributed by atoms with Gasteiger partial charge in [-0.15, -0.1) is 0 Å². The lowest BCUT2D eigenvalue weighted by molar-refractivity contribution is 0.796. The molecule has 0 fully saturated rings. The summed E-state index contributed by atoms with van der Waals surface area (Å²) in [5.74, 6) is 0. The highest BCUT2D eigenvalue weighted by atomic mass is 79.9. The Balaban J connectivity index is 2.84. The number of benzene rings is 1. The van der Waals surface area contributed by atoms with E-state index in [0.717, 1.165) is 10.2 Å². The maximum Gasteiger partial charge on any atom is 0.0640 e. The average molecular weight is 292 g/mol. The first-order chi connectivity index (χ1) is 8.19. The summed E-state index contributed by atoms with van der Waals surface area (Å²) in [7, 11) is 0. The summed E-state index contributed by atoms with van der Waals surface area (Å²) in [5.41, 5.74) is 2.22. The van der Waals surface area contributed by atoms with E-state index in [9.17, 15) is 0 Å². The van der Waals surface area contributed by atoms with Crippen LogP contribution in [0.1, 0.15) is 18.4 Å². The van der Waals surface area contributed by atoms with E-state index >= 15 is 0 Å². The van der Waals surface area contributed by atoms with Gasteiger partial charge in [-0.3, -0.25) is 0 Å². The highest BCUT2D eigenvalue weighted by Gasteiger charge is 2.07. The first-order valence-electron chi connectivity index (χ1n) is 5.44. The zero-order valence-corrected chi connectivity index (χ0v) is 11.4. The van der Waals surface area contributed by atoms with Crippen molar-refractivity contribution in [2.45, 2.75) is 19.8 Å². The van der Waals surface area contributed by atoms with E-state index in [2.05, 4.69) is 33.0 Å². The molecule has 1 rings (SSSR count). The molecule has 3 nitrogen and oxygen atoms in total. The van der Waals surface area contributed by atoms with E-state index < -0.39 is 0 Å². The Morgan fingerprint density at radius 1 is 1.18 bits per heavy atom. The predicted molar refractivity (Wildman–Crippen MR) is 71.6 cm³/mol. The molecule has 0 aromatic heterocycles. The first kappa shape index (κ1) is 13.5. The van der Waals surface area contributed by atoms with E-state index in [0.29, 0.717) is 25.9 Å². The number of hydrogen-bond donors (Lipinski definition) is 0. The summed E-state index contributed by atoms with van der Waals surface area (Å²) in [6.45, 7) is 3.35. The van der Waals surface area contributed by atoms with Crippen LogP contribution >= 0.6 is 15.9 Å². The zero-order chi connectivity index (χ0) is 12.7. The van der Waals surface area contributed by atoms with Crippen LogP contribution in [0.5, 0.6) is 0 Å². The maximum absolute atomic E-state index is 8.64. The molecule has 0 atom stereocenters. The second-order valence-electron chi connectivity index (χ2n) is 3.74. The minimum atomic E-state index is 0.469. The molecular formula is C13H14BrN3. The van der Waals surface area contributed by atoms with Gasteiger partial charge < -0.3 is 4.90 Å². The number of anilines is 1. The van der Waals surface area contributed by atoms with Crippen molar-refractivity contribution < 1.29 is 0 Å². The molecule has 1 aromatic carbocycles. The Morgan fingerprint density at radius 2 is 1.76 bits per heavy atom. The van der Waals surface area contributed by atoms with Crippen molar-refractivity contribution in [2.24, 2.45) is 0 Å². The topological polar surface area (TPSA) is 50.8 Å². The lowest BCUT2D eigenvalue weighted by atomic mass is 10.2. The lowest BCUT2D eigenvalue weighted by Crippen LogP contribution is -2.25. The van der Waals surface area contributed by atoms with Gasteiger partial charge >= 0.3 is 0 Å². The molecule has 0 amide bonds. The fraction of sp³-hybridized carbons (Fsp3) is 0.385. The molecule has 1 aromatic rings. The fourth-order valence-electron chi connectivity index (χ4n) is 1.52. The molecule has 0 spiro atoms. The van der Waals surface area contributed by atoms with Crippen molar-refractivity contribution in [1.82, 2.24) is 0 Å². The molecular weight excluding hydrogens is 278 g/mol. The summed E-state index contributed by atoms with van der Waals surface area (Å²) in [6.07, 6.45) is 0.938. The lowest BCUT2D eigenvalue weighted by Gasteiger charge is -2.23. The third-order valence-electron chi connectivity index (χ3n) is 2.51. The third kappa shape index (κ3) is 4.09. The minimum absolute atomic E-state index is 0.469. The van der Waals surface area contributed by atoms with Crippen LogP contribution in [0.3, 0.4) is 0 Å². The predicted octanol–water partition coefficient (Wildman–Crippen LogP) is 3.39. The first-order valence-corrected chi connectivity index (χ1v) is 6.23. The largest absolute Gasteiger partial charge is 0.369 e. The van der Waals surface area contributed by atoms with Crippen molar-refractivity contribution >= 4 is 21.6 Å². The number of rotatable bonds is 5. The number of nitrogens with zero attached hydrogens (tertiary/aromatic N) is 3. The zero-order valence-electron chi connectivity index (χ0n) is 9.78. The monoisotopic (exact) mass is 291 g/mol. The Morgan fingerprint density at radius 3 is 2.24 bits per heavy atom. The van der Waals surface area contributed by atoms with Gasteiger partial charge in [-0.25, -0.2) is 0 Å². The summed E-state index contributed by atoms with van der Waals surface area (Å²) >= 11 is 3.49. The quantitative estimate of drug-likeness (QED) is 0.835.